The van der Waals surface area contributed by atoms with Crippen LogP contribution >= 0.6 is 11.3 Å². The van der Waals surface area contributed by atoms with Gasteiger partial charge in [-0.25, -0.2) is 0 Å². The van der Waals surface area contributed by atoms with Crippen LogP contribution in [-0.2, 0) is 13.1 Å². The molecule has 21 heavy (non-hydrogen) atoms. The standard InChI is InChI=1S/C17H19N3S/c1-14(17-8-5-9-21-17)18-10-16-11-19-20(13-16)12-15-6-3-2-4-7-15/h2-9,11,13-14,18H,10,12H2,1H3. The summed E-state index contributed by atoms with van der Waals surface area (Å²) >= 11 is 1.79. The molecule has 0 spiro atoms. The lowest BCUT2D eigenvalue weighted by molar-refractivity contribution is 0.582. The number of nitrogens with one attached hydrogen (secondary N) is 1. The summed E-state index contributed by atoms with van der Waals surface area (Å²) in [6, 6.07) is 15.0. The zero-order valence-electron chi connectivity index (χ0n) is 12.1. The van der Waals surface area contributed by atoms with Crippen LogP contribution in [0.15, 0.2) is 60.2 Å². The van der Waals surface area contributed by atoms with E-state index in [1.54, 1.807) is 11.3 Å². The van der Waals surface area contributed by atoms with Gasteiger partial charge in [-0.2, -0.15) is 5.10 Å². The first-order chi connectivity index (χ1) is 10.3. The summed E-state index contributed by atoms with van der Waals surface area (Å²) in [6.45, 7) is 3.86. The Balaban J connectivity index is 1.55. The fraction of sp³-hybridized carbons (Fsp3) is 0.235. The monoisotopic (exact) mass is 297 g/mol. The van der Waals surface area contributed by atoms with E-state index in [4.69, 9.17) is 0 Å². The summed E-state index contributed by atoms with van der Waals surface area (Å²) in [5.74, 6) is 0. The van der Waals surface area contributed by atoms with Crippen LogP contribution in [0.2, 0.25) is 0 Å². The normalized spacial score (nSPS) is 12.4. The molecule has 0 saturated heterocycles. The van der Waals surface area contributed by atoms with Crippen molar-refractivity contribution in [3.63, 3.8) is 0 Å². The summed E-state index contributed by atoms with van der Waals surface area (Å²) in [6.07, 6.45) is 4.05. The van der Waals surface area contributed by atoms with Crippen molar-refractivity contribution >= 4 is 11.3 Å². The van der Waals surface area contributed by atoms with Crippen molar-refractivity contribution in [1.29, 1.82) is 0 Å². The number of rotatable bonds is 6. The summed E-state index contributed by atoms with van der Waals surface area (Å²) in [7, 11) is 0. The third-order valence-corrected chi connectivity index (χ3v) is 4.51. The van der Waals surface area contributed by atoms with Gasteiger partial charge in [0, 0.05) is 29.2 Å². The van der Waals surface area contributed by atoms with Gasteiger partial charge in [0.2, 0.25) is 0 Å². The average Bonchev–Trinajstić information content (AvgIpc) is 3.17. The van der Waals surface area contributed by atoms with E-state index in [0.29, 0.717) is 6.04 Å². The molecule has 2 aromatic heterocycles. The van der Waals surface area contributed by atoms with Gasteiger partial charge in [0.1, 0.15) is 0 Å². The predicted molar refractivity (Wildman–Crippen MR) is 87.3 cm³/mol. The van der Waals surface area contributed by atoms with Gasteiger partial charge in [-0.15, -0.1) is 11.3 Å². The molecule has 4 heteroatoms. The largest absolute Gasteiger partial charge is 0.305 e. The van der Waals surface area contributed by atoms with Gasteiger partial charge in [0.05, 0.1) is 12.7 Å². The number of nitrogens with zero attached hydrogens (tertiary/aromatic N) is 2. The molecule has 108 valence electrons. The topological polar surface area (TPSA) is 29.9 Å². The lowest BCUT2D eigenvalue weighted by atomic mass is 10.2. The maximum absolute atomic E-state index is 4.43. The molecule has 0 bridgehead atoms. The van der Waals surface area contributed by atoms with E-state index in [0.717, 1.165) is 13.1 Å². The van der Waals surface area contributed by atoms with Crippen molar-refractivity contribution in [1.82, 2.24) is 15.1 Å². The van der Waals surface area contributed by atoms with Crippen LogP contribution in [0, 0.1) is 0 Å². The van der Waals surface area contributed by atoms with Crippen LogP contribution in [-0.4, -0.2) is 9.78 Å². The minimum absolute atomic E-state index is 0.377. The number of hydrogen-bond acceptors (Lipinski definition) is 3. The predicted octanol–water partition coefficient (Wildman–Crippen LogP) is 3.84. The summed E-state index contributed by atoms with van der Waals surface area (Å²) in [5.41, 5.74) is 2.49. The molecule has 0 fully saturated rings. The Labute approximate surface area is 129 Å². The van der Waals surface area contributed by atoms with E-state index in [9.17, 15) is 0 Å². The van der Waals surface area contributed by atoms with Gasteiger partial charge in [-0.3, -0.25) is 4.68 Å². The Bertz CT molecular complexity index is 658. The minimum Gasteiger partial charge on any atom is -0.305 e. The Hall–Kier alpha value is -1.91. The molecule has 2 heterocycles. The van der Waals surface area contributed by atoms with Gasteiger partial charge in [0.15, 0.2) is 0 Å². The first-order valence-corrected chi connectivity index (χ1v) is 8.01. The summed E-state index contributed by atoms with van der Waals surface area (Å²) < 4.78 is 1.99. The van der Waals surface area contributed by atoms with Gasteiger partial charge >= 0.3 is 0 Å². The Morgan fingerprint density at radius 2 is 2.00 bits per heavy atom. The second-order valence-corrected chi connectivity index (χ2v) is 6.13. The van der Waals surface area contributed by atoms with Gasteiger partial charge < -0.3 is 5.32 Å². The first-order valence-electron chi connectivity index (χ1n) is 7.13. The fourth-order valence-corrected chi connectivity index (χ4v) is 3.02. The maximum Gasteiger partial charge on any atom is 0.0659 e. The highest BCUT2D eigenvalue weighted by atomic mass is 32.1. The van der Waals surface area contributed by atoms with E-state index in [1.807, 2.05) is 16.9 Å². The van der Waals surface area contributed by atoms with E-state index in [1.165, 1.54) is 16.0 Å². The van der Waals surface area contributed by atoms with E-state index in [2.05, 4.69) is 65.3 Å². The van der Waals surface area contributed by atoms with Gasteiger partial charge in [-0.05, 0) is 23.9 Å². The van der Waals surface area contributed by atoms with Crippen LogP contribution in [0.1, 0.15) is 29.0 Å². The van der Waals surface area contributed by atoms with Crippen molar-refractivity contribution in [2.45, 2.75) is 26.1 Å². The molecule has 1 unspecified atom stereocenters. The van der Waals surface area contributed by atoms with E-state index < -0.39 is 0 Å². The van der Waals surface area contributed by atoms with Crippen molar-refractivity contribution in [2.24, 2.45) is 0 Å². The Morgan fingerprint density at radius 3 is 2.76 bits per heavy atom. The quantitative estimate of drug-likeness (QED) is 0.749. The van der Waals surface area contributed by atoms with Crippen molar-refractivity contribution < 1.29 is 0 Å². The molecule has 0 radical (unpaired) electrons. The van der Waals surface area contributed by atoms with Crippen molar-refractivity contribution in [3.8, 4) is 0 Å². The average molecular weight is 297 g/mol. The fourth-order valence-electron chi connectivity index (χ4n) is 2.26. The molecule has 0 aliphatic rings. The first kappa shape index (κ1) is 14.0. The molecular weight excluding hydrogens is 278 g/mol. The molecule has 3 rings (SSSR count). The van der Waals surface area contributed by atoms with Gasteiger partial charge in [0.25, 0.3) is 0 Å². The maximum atomic E-state index is 4.43. The highest BCUT2D eigenvalue weighted by molar-refractivity contribution is 7.10. The van der Waals surface area contributed by atoms with Crippen LogP contribution in [0.25, 0.3) is 0 Å². The SMILES string of the molecule is CC(NCc1cnn(Cc2ccccc2)c1)c1cccs1. The molecular formula is C17H19N3S. The molecule has 1 atom stereocenters. The van der Waals surface area contributed by atoms with Gasteiger partial charge in [-0.1, -0.05) is 36.4 Å². The molecule has 0 amide bonds. The highest BCUT2D eigenvalue weighted by Crippen LogP contribution is 2.18. The van der Waals surface area contributed by atoms with Crippen LogP contribution in [0.5, 0.6) is 0 Å². The summed E-state index contributed by atoms with van der Waals surface area (Å²) in [4.78, 5) is 1.37. The molecule has 0 saturated carbocycles. The second kappa shape index (κ2) is 6.70. The van der Waals surface area contributed by atoms with Crippen LogP contribution in [0.3, 0.4) is 0 Å². The Morgan fingerprint density at radius 1 is 1.14 bits per heavy atom. The minimum atomic E-state index is 0.377. The Kier molecular flexibility index (Phi) is 4.48. The number of aromatic nitrogens is 2. The molecule has 3 aromatic rings. The molecule has 1 aromatic carbocycles. The molecule has 0 aliphatic carbocycles. The lowest BCUT2D eigenvalue weighted by Gasteiger charge is -2.10. The molecule has 3 nitrogen and oxygen atoms in total. The third kappa shape index (κ3) is 3.80. The lowest BCUT2D eigenvalue weighted by Crippen LogP contribution is -2.16. The number of hydrogen-bond donors (Lipinski definition) is 1. The number of thiophene rings is 1. The highest BCUT2D eigenvalue weighted by Gasteiger charge is 2.06. The zero-order valence-corrected chi connectivity index (χ0v) is 12.9. The van der Waals surface area contributed by atoms with Crippen LogP contribution in [0.4, 0.5) is 0 Å². The summed E-state index contributed by atoms with van der Waals surface area (Å²) in [5, 5.41) is 10.1. The van der Waals surface area contributed by atoms with Crippen molar-refractivity contribution in [2.75, 3.05) is 0 Å². The molecule has 1 N–H and O–H groups in total. The van der Waals surface area contributed by atoms with Crippen molar-refractivity contribution in [3.05, 3.63) is 76.2 Å². The van der Waals surface area contributed by atoms with E-state index >= 15 is 0 Å². The van der Waals surface area contributed by atoms with E-state index in [-0.39, 0.29) is 0 Å². The second-order valence-electron chi connectivity index (χ2n) is 5.15. The number of benzene rings is 1. The van der Waals surface area contributed by atoms with Crippen LogP contribution < -0.4 is 5.32 Å². The third-order valence-electron chi connectivity index (χ3n) is 3.46. The molecule has 0 aliphatic heterocycles. The smallest absolute Gasteiger partial charge is 0.0659 e. The zero-order chi connectivity index (χ0) is 14.5.